The number of aliphatic hydroxyl groups excluding tert-OH is 1. The molecule has 19 heavy (non-hydrogen) atoms. The number of para-hydroxylation sites is 2. The lowest BCUT2D eigenvalue weighted by Gasteiger charge is -2.07. The minimum atomic E-state index is -0.0583. The number of methoxy groups -OCH3 is 1. The van der Waals surface area contributed by atoms with Gasteiger partial charge in [-0.2, -0.15) is 0 Å². The molecule has 0 fully saturated rings. The van der Waals surface area contributed by atoms with Gasteiger partial charge in [0.05, 0.1) is 24.8 Å². The van der Waals surface area contributed by atoms with Gasteiger partial charge in [-0.05, 0) is 30.3 Å². The van der Waals surface area contributed by atoms with Crippen molar-refractivity contribution in [1.29, 1.82) is 0 Å². The first-order valence-corrected chi connectivity index (χ1v) is 6.04. The van der Waals surface area contributed by atoms with E-state index in [1.807, 2.05) is 42.5 Å². The highest BCUT2D eigenvalue weighted by Gasteiger charge is 2.08. The molecule has 0 atom stereocenters. The molecule has 1 heterocycles. The SMILES string of the molecule is COc1ccc(-c2nc3ccccc3[nH]2)cc1CO. The molecule has 0 aliphatic carbocycles. The number of fused-ring (bicyclic) bond motifs is 1. The molecule has 1 aromatic heterocycles. The second kappa shape index (κ2) is 4.74. The maximum Gasteiger partial charge on any atom is 0.138 e. The molecule has 0 amide bonds. The molecular formula is C15H14N2O2. The zero-order valence-corrected chi connectivity index (χ0v) is 10.6. The fourth-order valence-electron chi connectivity index (χ4n) is 2.14. The first-order valence-electron chi connectivity index (χ1n) is 6.04. The van der Waals surface area contributed by atoms with Crippen molar-refractivity contribution < 1.29 is 9.84 Å². The first kappa shape index (κ1) is 11.7. The van der Waals surface area contributed by atoms with Crippen LogP contribution in [0.5, 0.6) is 5.75 Å². The molecule has 3 aromatic rings. The summed E-state index contributed by atoms with van der Waals surface area (Å²) in [4.78, 5) is 7.80. The number of aliphatic hydroxyl groups is 1. The third kappa shape index (κ3) is 2.06. The van der Waals surface area contributed by atoms with Gasteiger partial charge >= 0.3 is 0 Å². The van der Waals surface area contributed by atoms with Crippen molar-refractivity contribution in [2.24, 2.45) is 0 Å². The van der Waals surface area contributed by atoms with Crippen LogP contribution in [0.3, 0.4) is 0 Å². The van der Waals surface area contributed by atoms with Crippen LogP contribution < -0.4 is 4.74 Å². The lowest BCUT2D eigenvalue weighted by molar-refractivity contribution is 0.274. The number of imidazole rings is 1. The zero-order chi connectivity index (χ0) is 13.2. The number of aromatic nitrogens is 2. The number of benzene rings is 2. The summed E-state index contributed by atoms with van der Waals surface area (Å²) in [5.41, 5.74) is 3.61. The number of nitrogens with zero attached hydrogens (tertiary/aromatic N) is 1. The molecule has 0 spiro atoms. The van der Waals surface area contributed by atoms with Gasteiger partial charge in [-0.25, -0.2) is 4.98 Å². The molecule has 2 aromatic carbocycles. The van der Waals surface area contributed by atoms with E-state index < -0.39 is 0 Å². The third-order valence-corrected chi connectivity index (χ3v) is 3.11. The molecule has 4 nitrogen and oxygen atoms in total. The van der Waals surface area contributed by atoms with Gasteiger partial charge in [-0.15, -0.1) is 0 Å². The Kier molecular flexibility index (Phi) is 2.93. The Morgan fingerprint density at radius 3 is 2.79 bits per heavy atom. The quantitative estimate of drug-likeness (QED) is 0.755. The molecule has 0 radical (unpaired) electrons. The van der Waals surface area contributed by atoms with Crippen molar-refractivity contribution >= 4 is 11.0 Å². The molecule has 0 bridgehead atoms. The van der Waals surface area contributed by atoms with E-state index in [0.717, 1.165) is 28.0 Å². The highest BCUT2D eigenvalue weighted by molar-refractivity contribution is 5.79. The number of rotatable bonds is 3. The second-order valence-electron chi connectivity index (χ2n) is 4.29. The van der Waals surface area contributed by atoms with E-state index in [9.17, 15) is 5.11 Å². The number of ether oxygens (including phenoxy) is 1. The summed E-state index contributed by atoms with van der Waals surface area (Å²) in [6, 6.07) is 13.5. The molecule has 0 aliphatic heterocycles. The van der Waals surface area contributed by atoms with Crippen molar-refractivity contribution in [3.8, 4) is 17.1 Å². The Morgan fingerprint density at radius 1 is 1.21 bits per heavy atom. The van der Waals surface area contributed by atoms with E-state index in [1.165, 1.54) is 0 Å². The molecule has 0 aliphatic rings. The number of aromatic amines is 1. The van der Waals surface area contributed by atoms with Crippen molar-refractivity contribution in [2.75, 3.05) is 7.11 Å². The Balaban J connectivity index is 2.10. The lowest BCUT2D eigenvalue weighted by Crippen LogP contribution is -1.93. The summed E-state index contributed by atoms with van der Waals surface area (Å²) < 4.78 is 5.20. The van der Waals surface area contributed by atoms with Gasteiger partial charge in [-0.1, -0.05) is 12.1 Å². The van der Waals surface area contributed by atoms with E-state index in [1.54, 1.807) is 7.11 Å². The first-order chi connectivity index (χ1) is 9.31. The van der Waals surface area contributed by atoms with E-state index >= 15 is 0 Å². The molecule has 0 saturated heterocycles. The fourth-order valence-corrected chi connectivity index (χ4v) is 2.14. The zero-order valence-electron chi connectivity index (χ0n) is 10.6. The molecule has 0 unspecified atom stereocenters. The number of hydrogen-bond acceptors (Lipinski definition) is 3. The van der Waals surface area contributed by atoms with Gasteiger partial charge in [0.2, 0.25) is 0 Å². The van der Waals surface area contributed by atoms with E-state index in [-0.39, 0.29) is 6.61 Å². The molecule has 2 N–H and O–H groups in total. The average Bonchev–Trinajstić information content (AvgIpc) is 2.90. The predicted molar refractivity (Wildman–Crippen MR) is 74.0 cm³/mol. The van der Waals surface area contributed by atoms with Crippen LogP contribution in [0.4, 0.5) is 0 Å². The average molecular weight is 254 g/mol. The van der Waals surface area contributed by atoms with E-state index in [0.29, 0.717) is 5.75 Å². The Bertz CT molecular complexity index is 686. The Hall–Kier alpha value is -2.33. The van der Waals surface area contributed by atoms with Crippen molar-refractivity contribution in [2.45, 2.75) is 6.61 Å². The number of H-pyrrole nitrogens is 1. The number of nitrogens with one attached hydrogen (secondary N) is 1. The van der Waals surface area contributed by atoms with Crippen LogP contribution in [0.25, 0.3) is 22.4 Å². The summed E-state index contributed by atoms with van der Waals surface area (Å²) in [5, 5.41) is 9.35. The largest absolute Gasteiger partial charge is 0.496 e. The van der Waals surface area contributed by atoms with Crippen molar-refractivity contribution in [3.63, 3.8) is 0 Å². The molecule has 4 heteroatoms. The van der Waals surface area contributed by atoms with Gasteiger partial charge in [0.1, 0.15) is 11.6 Å². The normalized spacial score (nSPS) is 10.8. The van der Waals surface area contributed by atoms with Crippen molar-refractivity contribution in [3.05, 3.63) is 48.0 Å². The lowest BCUT2D eigenvalue weighted by atomic mass is 10.1. The van der Waals surface area contributed by atoms with Crippen LogP contribution in [-0.2, 0) is 6.61 Å². The van der Waals surface area contributed by atoms with Gasteiger partial charge in [0, 0.05) is 11.1 Å². The monoisotopic (exact) mass is 254 g/mol. The third-order valence-electron chi connectivity index (χ3n) is 3.11. The Labute approximate surface area is 110 Å². The number of hydrogen-bond donors (Lipinski definition) is 2. The highest BCUT2D eigenvalue weighted by atomic mass is 16.5. The minimum Gasteiger partial charge on any atom is -0.496 e. The molecule has 0 saturated carbocycles. The van der Waals surface area contributed by atoms with Crippen LogP contribution in [0.1, 0.15) is 5.56 Å². The summed E-state index contributed by atoms with van der Waals surface area (Å²) in [6.45, 7) is -0.0583. The molecule has 96 valence electrons. The maximum atomic E-state index is 9.35. The second-order valence-corrected chi connectivity index (χ2v) is 4.29. The Morgan fingerprint density at radius 2 is 2.05 bits per heavy atom. The van der Waals surface area contributed by atoms with Gasteiger partial charge in [0.25, 0.3) is 0 Å². The standard InChI is InChI=1S/C15H14N2O2/c1-19-14-7-6-10(8-11(14)9-18)15-16-12-4-2-3-5-13(12)17-15/h2-8,18H,9H2,1H3,(H,16,17). The molecular weight excluding hydrogens is 240 g/mol. The summed E-state index contributed by atoms with van der Waals surface area (Å²) in [6.07, 6.45) is 0. The van der Waals surface area contributed by atoms with E-state index in [2.05, 4.69) is 9.97 Å². The van der Waals surface area contributed by atoms with Crippen LogP contribution in [0, 0.1) is 0 Å². The maximum absolute atomic E-state index is 9.35. The molecule has 3 rings (SSSR count). The fraction of sp³-hybridized carbons (Fsp3) is 0.133. The summed E-state index contributed by atoms with van der Waals surface area (Å²) >= 11 is 0. The highest BCUT2D eigenvalue weighted by Crippen LogP contribution is 2.26. The van der Waals surface area contributed by atoms with Gasteiger partial charge < -0.3 is 14.8 Å². The topological polar surface area (TPSA) is 58.1 Å². The van der Waals surface area contributed by atoms with Crippen LogP contribution in [0.2, 0.25) is 0 Å². The predicted octanol–water partition coefficient (Wildman–Crippen LogP) is 2.73. The smallest absolute Gasteiger partial charge is 0.138 e. The van der Waals surface area contributed by atoms with Crippen LogP contribution in [0.15, 0.2) is 42.5 Å². The van der Waals surface area contributed by atoms with Gasteiger partial charge in [-0.3, -0.25) is 0 Å². The van der Waals surface area contributed by atoms with Crippen LogP contribution >= 0.6 is 0 Å². The van der Waals surface area contributed by atoms with Gasteiger partial charge in [0.15, 0.2) is 0 Å². The van der Waals surface area contributed by atoms with E-state index in [4.69, 9.17) is 4.74 Å². The summed E-state index contributed by atoms with van der Waals surface area (Å²) in [7, 11) is 1.59. The van der Waals surface area contributed by atoms with Crippen LogP contribution in [-0.4, -0.2) is 22.2 Å². The minimum absolute atomic E-state index is 0.0583. The summed E-state index contributed by atoms with van der Waals surface area (Å²) in [5.74, 6) is 1.47. The van der Waals surface area contributed by atoms with Crippen molar-refractivity contribution in [1.82, 2.24) is 9.97 Å².